The van der Waals surface area contributed by atoms with Crippen molar-refractivity contribution in [2.24, 2.45) is 11.7 Å². The van der Waals surface area contributed by atoms with E-state index in [1.165, 1.54) is 0 Å². The van der Waals surface area contributed by atoms with Gasteiger partial charge in [-0.2, -0.15) is 13.2 Å². The number of hydrogen-bond donors (Lipinski definition) is 2. The highest BCUT2D eigenvalue weighted by molar-refractivity contribution is 7.80. The molecule has 0 spiro atoms. The summed E-state index contributed by atoms with van der Waals surface area (Å²) in [6.07, 6.45) is -4.39. The SMILES string of the molecule is CCN(CC(=O)NCC(F)(F)F)CC(C)C(N)=S. The first kappa shape index (κ1) is 17.1. The van der Waals surface area contributed by atoms with E-state index < -0.39 is 18.6 Å². The van der Waals surface area contributed by atoms with E-state index in [9.17, 15) is 18.0 Å². The summed E-state index contributed by atoms with van der Waals surface area (Å²) in [6.45, 7) is 3.19. The van der Waals surface area contributed by atoms with Crippen LogP contribution in [0, 0.1) is 5.92 Å². The van der Waals surface area contributed by atoms with Crippen molar-refractivity contribution < 1.29 is 18.0 Å². The third-order valence-electron chi connectivity index (χ3n) is 2.32. The molecule has 106 valence electrons. The molecule has 0 bridgehead atoms. The molecule has 18 heavy (non-hydrogen) atoms. The summed E-state index contributed by atoms with van der Waals surface area (Å²) in [5, 5.41) is 1.82. The standard InChI is InChI=1S/C10H18F3N3OS/c1-3-16(4-7(2)9(14)18)5-8(17)15-6-10(11,12)13/h7H,3-6H2,1-2H3,(H2,14,18)(H,15,17). The van der Waals surface area contributed by atoms with Crippen LogP contribution in [-0.2, 0) is 4.79 Å². The zero-order valence-corrected chi connectivity index (χ0v) is 11.2. The first-order valence-corrected chi connectivity index (χ1v) is 5.91. The Hall–Kier alpha value is -0.890. The number of halogens is 3. The van der Waals surface area contributed by atoms with Crippen molar-refractivity contribution >= 4 is 23.1 Å². The molecular formula is C10H18F3N3OS. The topological polar surface area (TPSA) is 58.4 Å². The van der Waals surface area contributed by atoms with E-state index in [1.807, 2.05) is 12.2 Å². The largest absolute Gasteiger partial charge is 0.405 e. The van der Waals surface area contributed by atoms with E-state index in [-0.39, 0.29) is 12.5 Å². The lowest BCUT2D eigenvalue weighted by molar-refractivity contribution is -0.139. The molecule has 4 nitrogen and oxygen atoms in total. The smallest absolute Gasteiger partial charge is 0.393 e. The van der Waals surface area contributed by atoms with Gasteiger partial charge >= 0.3 is 6.18 Å². The Morgan fingerprint density at radius 2 is 2.06 bits per heavy atom. The summed E-state index contributed by atoms with van der Waals surface area (Å²) < 4.78 is 35.7. The predicted molar refractivity (Wildman–Crippen MR) is 67.1 cm³/mol. The van der Waals surface area contributed by atoms with Crippen molar-refractivity contribution in [1.82, 2.24) is 10.2 Å². The Morgan fingerprint density at radius 3 is 2.44 bits per heavy atom. The molecule has 0 saturated carbocycles. The lowest BCUT2D eigenvalue weighted by Crippen LogP contribution is -2.43. The number of alkyl halides is 3. The molecule has 0 aromatic rings. The number of nitrogens with two attached hydrogens (primary N) is 1. The van der Waals surface area contributed by atoms with Crippen LogP contribution in [0.25, 0.3) is 0 Å². The average Bonchev–Trinajstić information content (AvgIpc) is 2.24. The monoisotopic (exact) mass is 285 g/mol. The third-order valence-corrected chi connectivity index (χ3v) is 2.72. The van der Waals surface area contributed by atoms with Crippen LogP contribution < -0.4 is 11.1 Å². The van der Waals surface area contributed by atoms with Gasteiger partial charge in [-0.05, 0) is 6.54 Å². The van der Waals surface area contributed by atoms with E-state index in [2.05, 4.69) is 0 Å². The van der Waals surface area contributed by atoms with Gasteiger partial charge in [-0.25, -0.2) is 0 Å². The molecule has 0 aliphatic carbocycles. The zero-order chi connectivity index (χ0) is 14.3. The molecule has 3 N–H and O–H groups in total. The van der Waals surface area contributed by atoms with Crippen LogP contribution in [0.3, 0.4) is 0 Å². The first-order chi connectivity index (χ1) is 8.15. The van der Waals surface area contributed by atoms with Crippen LogP contribution in [0.15, 0.2) is 0 Å². The Kier molecular flexibility index (Phi) is 7.15. The van der Waals surface area contributed by atoms with Crippen LogP contribution >= 0.6 is 12.2 Å². The minimum Gasteiger partial charge on any atom is -0.393 e. The zero-order valence-electron chi connectivity index (χ0n) is 10.4. The molecule has 0 heterocycles. The van der Waals surface area contributed by atoms with Gasteiger partial charge in [0.15, 0.2) is 0 Å². The number of rotatable bonds is 7. The second kappa shape index (κ2) is 7.52. The highest BCUT2D eigenvalue weighted by Crippen LogP contribution is 2.12. The van der Waals surface area contributed by atoms with E-state index in [0.29, 0.717) is 18.1 Å². The fourth-order valence-electron chi connectivity index (χ4n) is 1.24. The maximum Gasteiger partial charge on any atom is 0.405 e. The molecule has 0 saturated heterocycles. The second-order valence-corrected chi connectivity index (χ2v) is 4.49. The molecule has 0 aromatic heterocycles. The number of carbonyl (C=O) groups is 1. The van der Waals surface area contributed by atoms with Crippen LogP contribution in [0.1, 0.15) is 13.8 Å². The average molecular weight is 285 g/mol. The van der Waals surface area contributed by atoms with Crippen molar-refractivity contribution in [3.05, 3.63) is 0 Å². The molecule has 0 aliphatic rings. The molecule has 0 aromatic carbocycles. The number of hydrogen-bond acceptors (Lipinski definition) is 3. The molecule has 8 heteroatoms. The normalized spacial score (nSPS) is 13.4. The Morgan fingerprint density at radius 1 is 1.50 bits per heavy atom. The van der Waals surface area contributed by atoms with E-state index in [4.69, 9.17) is 18.0 Å². The molecule has 1 unspecified atom stereocenters. The second-order valence-electron chi connectivity index (χ2n) is 4.02. The van der Waals surface area contributed by atoms with Crippen molar-refractivity contribution in [2.75, 3.05) is 26.2 Å². The molecule has 1 amide bonds. The summed E-state index contributed by atoms with van der Waals surface area (Å²) in [7, 11) is 0. The maximum absolute atomic E-state index is 11.9. The van der Waals surface area contributed by atoms with Crippen LogP contribution in [-0.4, -0.2) is 48.2 Å². The van der Waals surface area contributed by atoms with Gasteiger partial charge in [0.05, 0.1) is 11.5 Å². The van der Waals surface area contributed by atoms with Crippen LogP contribution in [0.2, 0.25) is 0 Å². The Balaban J connectivity index is 4.12. The van der Waals surface area contributed by atoms with Gasteiger partial charge in [-0.15, -0.1) is 0 Å². The third kappa shape index (κ3) is 8.24. The maximum atomic E-state index is 11.9. The van der Waals surface area contributed by atoms with Crippen LogP contribution in [0.5, 0.6) is 0 Å². The first-order valence-electron chi connectivity index (χ1n) is 5.50. The van der Waals surface area contributed by atoms with E-state index in [1.54, 1.807) is 11.8 Å². The summed E-state index contributed by atoms with van der Waals surface area (Å²) in [5.41, 5.74) is 5.44. The Bertz CT molecular complexity index is 297. The number of amides is 1. The highest BCUT2D eigenvalue weighted by Gasteiger charge is 2.28. The van der Waals surface area contributed by atoms with Crippen molar-refractivity contribution in [2.45, 2.75) is 20.0 Å². The summed E-state index contributed by atoms with van der Waals surface area (Å²) >= 11 is 4.80. The molecule has 0 aliphatic heterocycles. The predicted octanol–water partition coefficient (Wildman–Crippen LogP) is 0.909. The minimum absolute atomic E-state index is 0.0876. The van der Waals surface area contributed by atoms with E-state index >= 15 is 0 Å². The fraction of sp³-hybridized carbons (Fsp3) is 0.800. The van der Waals surface area contributed by atoms with Crippen molar-refractivity contribution in [3.8, 4) is 0 Å². The molecule has 1 atom stereocenters. The van der Waals surface area contributed by atoms with Gasteiger partial charge in [-0.3, -0.25) is 9.69 Å². The van der Waals surface area contributed by atoms with Gasteiger partial charge in [0.2, 0.25) is 5.91 Å². The number of nitrogens with one attached hydrogen (secondary N) is 1. The molecule has 0 fully saturated rings. The van der Waals surface area contributed by atoms with Gasteiger partial charge in [0, 0.05) is 12.5 Å². The lowest BCUT2D eigenvalue weighted by Gasteiger charge is -2.23. The summed E-state index contributed by atoms with van der Waals surface area (Å²) in [6, 6.07) is 0. The lowest BCUT2D eigenvalue weighted by atomic mass is 10.1. The fourth-order valence-corrected chi connectivity index (χ4v) is 1.32. The molecule has 0 rings (SSSR count). The summed E-state index contributed by atoms with van der Waals surface area (Å²) in [5.74, 6) is -0.750. The van der Waals surface area contributed by atoms with Crippen molar-refractivity contribution in [1.29, 1.82) is 0 Å². The minimum atomic E-state index is -4.39. The van der Waals surface area contributed by atoms with Crippen molar-refractivity contribution in [3.63, 3.8) is 0 Å². The molecular weight excluding hydrogens is 267 g/mol. The molecule has 0 radical (unpaired) electrons. The number of likely N-dealkylation sites (N-methyl/N-ethyl adjacent to an activating group) is 1. The van der Waals surface area contributed by atoms with E-state index in [0.717, 1.165) is 0 Å². The van der Waals surface area contributed by atoms with Crippen LogP contribution in [0.4, 0.5) is 13.2 Å². The Labute approximate surface area is 110 Å². The van der Waals surface area contributed by atoms with Gasteiger partial charge in [0.1, 0.15) is 6.54 Å². The van der Waals surface area contributed by atoms with Gasteiger partial charge in [-0.1, -0.05) is 26.1 Å². The number of nitrogens with zero attached hydrogens (tertiary/aromatic N) is 1. The number of thiocarbonyl (C=S) groups is 1. The quantitative estimate of drug-likeness (QED) is 0.683. The highest BCUT2D eigenvalue weighted by atomic mass is 32.1. The van der Waals surface area contributed by atoms with Gasteiger partial charge < -0.3 is 11.1 Å². The van der Waals surface area contributed by atoms with Gasteiger partial charge in [0.25, 0.3) is 0 Å². The summed E-state index contributed by atoms with van der Waals surface area (Å²) in [4.78, 5) is 13.3. The number of carbonyl (C=O) groups excluding carboxylic acids is 1.